The summed E-state index contributed by atoms with van der Waals surface area (Å²) in [5.74, 6) is 0.654. The van der Waals surface area contributed by atoms with Crippen LogP contribution >= 0.6 is 0 Å². The summed E-state index contributed by atoms with van der Waals surface area (Å²) in [5.41, 5.74) is 3.59. The summed E-state index contributed by atoms with van der Waals surface area (Å²) >= 11 is 0. The Bertz CT molecular complexity index is 1260. The Morgan fingerprint density at radius 1 is 1.03 bits per heavy atom. The molecule has 0 saturated heterocycles. The minimum atomic E-state index is -0.285. The van der Waals surface area contributed by atoms with Gasteiger partial charge in [0.1, 0.15) is 5.76 Å². The smallest absolute Gasteiger partial charge is 0.287 e. The van der Waals surface area contributed by atoms with Crippen molar-refractivity contribution < 1.29 is 14.0 Å². The predicted octanol–water partition coefficient (Wildman–Crippen LogP) is 4.82. The zero-order valence-electron chi connectivity index (χ0n) is 20.1. The molecule has 3 heterocycles. The molecular formula is C28H30N4O3. The first-order valence-corrected chi connectivity index (χ1v) is 11.8. The molecule has 0 atom stereocenters. The Hall–Kier alpha value is -4.13. The van der Waals surface area contributed by atoms with Crippen LogP contribution in [0.15, 0.2) is 83.5 Å². The van der Waals surface area contributed by atoms with Gasteiger partial charge in [-0.15, -0.1) is 0 Å². The fourth-order valence-electron chi connectivity index (χ4n) is 3.86. The quantitative estimate of drug-likeness (QED) is 0.361. The molecule has 180 valence electrons. The fraction of sp³-hybridized carbons (Fsp3) is 0.250. The van der Waals surface area contributed by atoms with Crippen molar-refractivity contribution in [3.63, 3.8) is 0 Å². The molecule has 0 aliphatic carbocycles. The number of furan rings is 1. The van der Waals surface area contributed by atoms with E-state index in [9.17, 15) is 9.59 Å². The van der Waals surface area contributed by atoms with Crippen molar-refractivity contribution in [2.45, 2.75) is 39.9 Å². The Morgan fingerprint density at radius 2 is 1.86 bits per heavy atom. The number of pyridine rings is 1. The average Bonchev–Trinajstić information content (AvgIpc) is 3.53. The lowest BCUT2D eigenvalue weighted by Crippen LogP contribution is -2.32. The molecule has 0 aliphatic rings. The average molecular weight is 471 g/mol. The highest BCUT2D eigenvalue weighted by Gasteiger charge is 2.18. The van der Waals surface area contributed by atoms with Crippen LogP contribution in [-0.4, -0.2) is 32.8 Å². The molecule has 3 aromatic heterocycles. The van der Waals surface area contributed by atoms with Gasteiger partial charge < -0.3 is 19.2 Å². The van der Waals surface area contributed by atoms with Crippen molar-refractivity contribution >= 4 is 11.8 Å². The molecule has 0 radical (unpaired) electrons. The first-order valence-electron chi connectivity index (χ1n) is 11.8. The minimum absolute atomic E-state index is 0.0180. The number of hydrogen-bond donors (Lipinski definition) is 1. The number of amides is 2. The maximum Gasteiger partial charge on any atom is 0.287 e. The Balaban J connectivity index is 1.40. The van der Waals surface area contributed by atoms with Crippen molar-refractivity contribution in [1.82, 2.24) is 19.8 Å². The highest BCUT2D eigenvalue weighted by Crippen LogP contribution is 2.16. The third-order valence-corrected chi connectivity index (χ3v) is 5.72. The molecule has 0 bridgehead atoms. The number of nitrogens with one attached hydrogen (secondary N) is 1. The number of carbonyl (C=O) groups excluding carboxylic acids is 2. The summed E-state index contributed by atoms with van der Waals surface area (Å²) in [7, 11) is 0. The fourth-order valence-corrected chi connectivity index (χ4v) is 3.86. The highest BCUT2D eigenvalue weighted by atomic mass is 16.4. The number of aromatic nitrogens is 2. The second-order valence-electron chi connectivity index (χ2n) is 8.49. The number of hydrogen-bond acceptors (Lipinski definition) is 4. The van der Waals surface area contributed by atoms with E-state index in [4.69, 9.17) is 4.42 Å². The molecule has 0 saturated carbocycles. The van der Waals surface area contributed by atoms with E-state index < -0.39 is 0 Å². The van der Waals surface area contributed by atoms with Gasteiger partial charge in [-0.05, 0) is 61.9 Å². The van der Waals surface area contributed by atoms with Crippen LogP contribution < -0.4 is 5.32 Å². The number of aryl methyl sites for hydroxylation is 1. The molecular weight excluding hydrogens is 440 g/mol. The van der Waals surface area contributed by atoms with Crippen LogP contribution in [-0.2, 0) is 19.6 Å². The van der Waals surface area contributed by atoms with Crippen LogP contribution in [0.4, 0.5) is 0 Å². The Morgan fingerprint density at radius 3 is 2.60 bits per heavy atom. The molecule has 35 heavy (non-hydrogen) atoms. The van der Waals surface area contributed by atoms with E-state index in [2.05, 4.69) is 17.2 Å². The molecule has 7 nitrogen and oxygen atoms in total. The van der Waals surface area contributed by atoms with Gasteiger partial charge >= 0.3 is 0 Å². The van der Waals surface area contributed by atoms with E-state index in [-0.39, 0.29) is 17.6 Å². The van der Waals surface area contributed by atoms with E-state index in [0.717, 1.165) is 23.4 Å². The number of nitrogens with zero attached hydrogens (tertiary/aromatic N) is 3. The molecule has 4 aromatic rings. The lowest BCUT2D eigenvalue weighted by atomic mass is 10.1. The van der Waals surface area contributed by atoms with Crippen LogP contribution in [0.3, 0.4) is 0 Å². The highest BCUT2D eigenvalue weighted by molar-refractivity contribution is 5.94. The van der Waals surface area contributed by atoms with Crippen molar-refractivity contribution in [2.24, 2.45) is 0 Å². The SMILES string of the molecule is CCCN(Cc1cccn1Cc1ccc(C(=O)NCc2ccccn2)o1)C(=O)c1ccc(C)cc1. The van der Waals surface area contributed by atoms with Gasteiger partial charge in [0.05, 0.1) is 25.3 Å². The first-order chi connectivity index (χ1) is 17.0. The molecule has 7 heteroatoms. The van der Waals surface area contributed by atoms with Crippen LogP contribution in [0.1, 0.15) is 57.0 Å². The normalized spacial score (nSPS) is 10.8. The maximum atomic E-state index is 13.1. The third kappa shape index (κ3) is 6.26. The first kappa shape index (κ1) is 24.0. The van der Waals surface area contributed by atoms with E-state index in [1.54, 1.807) is 18.3 Å². The molecule has 4 rings (SSSR count). The zero-order chi connectivity index (χ0) is 24.6. The van der Waals surface area contributed by atoms with Gasteiger partial charge in [-0.1, -0.05) is 30.7 Å². The van der Waals surface area contributed by atoms with E-state index in [1.165, 1.54) is 0 Å². The summed E-state index contributed by atoms with van der Waals surface area (Å²) < 4.78 is 7.85. The van der Waals surface area contributed by atoms with Crippen molar-refractivity contribution in [1.29, 1.82) is 0 Å². The van der Waals surface area contributed by atoms with Crippen LogP contribution in [0.2, 0.25) is 0 Å². The van der Waals surface area contributed by atoms with Crippen molar-refractivity contribution in [2.75, 3.05) is 6.54 Å². The van der Waals surface area contributed by atoms with E-state index in [0.29, 0.717) is 37.5 Å². The number of rotatable bonds is 10. The molecule has 0 fully saturated rings. The van der Waals surface area contributed by atoms with Gasteiger partial charge in [0, 0.05) is 30.2 Å². The molecule has 0 spiro atoms. The lowest BCUT2D eigenvalue weighted by molar-refractivity contribution is 0.0739. The zero-order valence-corrected chi connectivity index (χ0v) is 20.1. The Labute approximate surface area is 205 Å². The lowest BCUT2D eigenvalue weighted by Gasteiger charge is -2.23. The summed E-state index contributed by atoms with van der Waals surface area (Å²) in [6, 6.07) is 20.7. The summed E-state index contributed by atoms with van der Waals surface area (Å²) in [6.07, 6.45) is 4.52. The van der Waals surface area contributed by atoms with Crippen molar-refractivity contribution in [3.8, 4) is 0 Å². The number of benzene rings is 1. The van der Waals surface area contributed by atoms with Crippen LogP contribution in [0.5, 0.6) is 0 Å². The second kappa shape index (κ2) is 11.3. The number of carbonyl (C=O) groups is 2. The van der Waals surface area contributed by atoms with Crippen molar-refractivity contribution in [3.05, 3.63) is 113 Å². The van der Waals surface area contributed by atoms with E-state index >= 15 is 0 Å². The van der Waals surface area contributed by atoms with Gasteiger partial charge in [-0.3, -0.25) is 14.6 Å². The summed E-state index contributed by atoms with van der Waals surface area (Å²) in [5, 5.41) is 2.82. The standard InChI is InChI=1S/C28H30N4O3/c1-3-16-32(28(34)22-11-9-21(2)10-12-22)19-24-8-6-17-31(24)20-25-13-14-26(35-25)27(33)30-18-23-7-4-5-15-29-23/h4-15,17H,3,16,18-20H2,1-2H3,(H,30,33). The van der Waals surface area contributed by atoms with Gasteiger partial charge in [-0.2, -0.15) is 0 Å². The Kier molecular flexibility index (Phi) is 7.77. The predicted molar refractivity (Wildman–Crippen MR) is 134 cm³/mol. The topological polar surface area (TPSA) is 80.4 Å². The monoisotopic (exact) mass is 470 g/mol. The van der Waals surface area contributed by atoms with Gasteiger partial charge in [0.25, 0.3) is 11.8 Å². The minimum Gasteiger partial charge on any atom is -0.454 e. The van der Waals surface area contributed by atoms with Crippen LogP contribution in [0, 0.1) is 6.92 Å². The molecule has 2 amide bonds. The molecule has 0 unspecified atom stereocenters. The second-order valence-corrected chi connectivity index (χ2v) is 8.49. The molecule has 1 N–H and O–H groups in total. The largest absolute Gasteiger partial charge is 0.454 e. The molecule has 0 aliphatic heterocycles. The summed E-state index contributed by atoms with van der Waals surface area (Å²) in [4.78, 5) is 31.7. The van der Waals surface area contributed by atoms with Gasteiger partial charge in [-0.25, -0.2) is 0 Å². The van der Waals surface area contributed by atoms with E-state index in [1.807, 2.05) is 77.2 Å². The third-order valence-electron chi connectivity index (χ3n) is 5.72. The molecule has 1 aromatic carbocycles. The summed E-state index contributed by atoms with van der Waals surface area (Å²) in [6.45, 7) is 6.03. The maximum absolute atomic E-state index is 13.1. The van der Waals surface area contributed by atoms with Gasteiger partial charge in [0.15, 0.2) is 5.76 Å². The van der Waals surface area contributed by atoms with Crippen LogP contribution in [0.25, 0.3) is 0 Å². The van der Waals surface area contributed by atoms with Gasteiger partial charge in [0.2, 0.25) is 0 Å².